The minimum Gasteiger partial charge on any atom is -0.312 e. The first-order valence-electron chi connectivity index (χ1n) is 5.87. The third-order valence-corrected chi connectivity index (χ3v) is 3.58. The Morgan fingerprint density at radius 2 is 2.12 bits per heavy atom. The molecule has 6 heteroatoms. The highest BCUT2D eigenvalue weighted by Crippen LogP contribution is 2.24. The third-order valence-electron chi connectivity index (χ3n) is 3.23. The van der Waals surface area contributed by atoms with Gasteiger partial charge in [-0.2, -0.15) is 0 Å². The second-order valence-corrected chi connectivity index (χ2v) is 4.92. The number of anilines is 1. The Bertz CT molecular complexity index is 437. The summed E-state index contributed by atoms with van der Waals surface area (Å²) in [6.45, 7) is 4.31. The van der Waals surface area contributed by atoms with Crippen molar-refractivity contribution in [2.45, 2.75) is 45.2 Å². The molecule has 2 N–H and O–H groups in total. The second kappa shape index (κ2) is 5.06. The van der Waals surface area contributed by atoms with Crippen LogP contribution in [0.4, 0.5) is 5.82 Å². The van der Waals surface area contributed by atoms with Crippen molar-refractivity contribution in [3.05, 3.63) is 21.7 Å². The number of hydrogen-bond acceptors (Lipinski definition) is 4. The molecule has 2 unspecified atom stereocenters. The molecule has 1 saturated heterocycles. The van der Waals surface area contributed by atoms with Gasteiger partial charge in [0, 0.05) is 12.1 Å². The quantitative estimate of drug-likeness (QED) is 0.850. The van der Waals surface area contributed by atoms with E-state index in [1.54, 1.807) is 0 Å². The zero-order valence-electron chi connectivity index (χ0n) is 10.0. The Balaban J connectivity index is 2.19. The molecule has 0 spiro atoms. The van der Waals surface area contributed by atoms with E-state index in [2.05, 4.69) is 34.3 Å². The number of halogens is 1. The van der Waals surface area contributed by atoms with Gasteiger partial charge in [-0.25, -0.2) is 9.99 Å². The van der Waals surface area contributed by atoms with Crippen molar-refractivity contribution in [3.63, 3.8) is 0 Å². The number of H-pyrrole nitrogens is 1. The smallest absolute Gasteiger partial charge is 0.271 e. The second-order valence-electron chi connectivity index (χ2n) is 4.54. The third kappa shape index (κ3) is 2.61. The van der Waals surface area contributed by atoms with Crippen LogP contribution in [0.1, 0.15) is 33.1 Å². The molecule has 17 heavy (non-hydrogen) atoms. The van der Waals surface area contributed by atoms with Crippen molar-refractivity contribution < 1.29 is 0 Å². The van der Waals surface area contributed by atoms with Crippen LogP contribution in [-0.2, 0) is 0 Å². The average Bonchev–Trinajstić information content (AvgIpc) is 2.29. The summed E-state index contributed by atoms with van der Waals surface area (Å²) < 4.78 is 0. The summed E-state index contributed by atoms with van der Waals surface area (Å²) in [5.41, 5.74) is 2.84. The van der Waals surface area contributed by atoms with E-state index in [9.17, 15) is 4.79 Å². The average molecular weight is 257 g/mol. The molecular weight excluding hydrogens is 240 g/mol. The molecule has 94 valence electrons. The topological polar surface area (TPSA) is 61.0 Å². The van der Waals surface area contributed by atoms with E-state index in [4.69, 9.17) is 11.6 Å². The van der Waals surface area contributed by atoms with Crippen molar-refractivity contribution in [2.75, 3.05) is 5.43 Å². The normalized spacial score (nSPS) is 25.8. The van der Waals surface area contributed by atoms with E-state index >= 15 is 0 Å². The summed E-state index contributed by atoms with van der Waals surface area (Å²) in [7, 11) is 0. The fraction of sp³-hybridized carbons (Fsp3) is 0.636. The number of hydrogen-bond donors (Lipinski definition) is 2. The maximum Gasteiger partial charge on any atom is 0.271 e. The van der Waals surface area contributed by atoms with Gasteiger partial charge in [-0.05, 0) is 26.7 Å². The Hall–Kier alpha value is -1.07. The summed E-state index contributed by atoms with van der Waals surface area (Å²) in [6, 6.07) is 0.826. The van der Waals surface area contributed by atoms with Crippen LogP contribution in [0, 0.1) is 0 Å². The van der Waals surface area contributed by atoms with Crippen LogP contribution in [0.2, 0.25) is 5.02 Å². The number of rotatable bonds is 2. The first-order chi connectivity index (χ1) is 8.09. The van der Waals surface area contributed by atoms with E-state index in [1.807, 2.05) is 0 Å². The van der Waals surface area contributed by atoms with Crippen molar-refractivity contribution in [1.82, 2.24) is 15.0 Å². The van der Waals surface area contributed by atoms with Crippen molar-refractivity contribution in [1.29, 1.82) is 0 Å². The van der Waals surface area contributed by atoms with Crippen LogP contribution >= 0.6 is 11.6 Å². The highest BCUT2D eigenvalue weighted by atomic mass is 35.5. The molecule has 1 aliphatic rings. The largest absolute Gasteiger partial charge is 0.312 e. The maximum absolute atomic E-state index is 11.4. The predicted octanol–water partition coefficient (Wildman–Crippen LogP) is 2.01. The van der Waals surface area contributed by atoms with Crippen molar-refractivity contribution in [2.24, 2.45) is 0 Å². The Morgan fingerprint density at radius 1 is 1.47 bits per heavy atom. The molecule has 1 aliphatic heterocycles. The van der Waals surface area contributed by atoms with E-state index in [1.165, 1.54) is 12.7 Å². The van der Waals surface area contributed by atoms with E-state index in [-0.39, 0.29) is 10.6 Å². The minimum atomic E-state index is -0.318. The summed E-state index contributed by atoms with van der Waals surface area (Å²) in [5, 5.41) is 2.23. The van der Waals surface area contributed by atoms with Gasteiger partial charge in [0.25, 0.3) is 5.56 Å². The SMILES string of the molecule is CC1CCCC(C)N1Nc1nc[nH]c(=O)c1Cl. The fourth-order valence-electron chi connectivity index (χ4n) is 2.22. The lowest BCUT2D eigenvalue weighted by molar-refractivity contribution is 0.135. The van der Waals surface area contributed by atoms with Gasteiger partial charge in [-0.3, -0.25) is 4.79 Å². The number of nitrogens with zero attached hydrogens (tertiary/aromatic N) is 2. The van der Waals surface area contributed by atoms with E-state index in [0.29, 0.717) is 17.9 Å². The van der Waals surface area contributed by atoms with Crippen LogP contribution in [0.3, 0.4) is 0 Å². The fourth-order valence-corrected chi connectivity index (χ4v) is 2.37. The monoisotopic (exact) mass is 256 g/mol. The molecule has 2 rings (SSSR count). The molecule has 0 aliphatic carbocycles. The molecule has 1 aromatic heterocycles. The lowest BCUT2D eigenvalue weighted by Crippen LogP contribution is -2.47. The van der Waals surface area contributed by atoms with Gasteiger partial charge in [-0.15, -0.1) is 0 Å². The molecule has 0 bridgehead atoms. The van der Waals surface area contributed by atoms with Gasteiger partial charge in [0.15, 0.2) is 5.82 Å². The van der Waals surface area contributed by atoms with Gasteiger partial charge in [-0.1, -0.05) is 18.0 Å². The summed E-state index contributed by atoms with van der Waals surface area (Å²) in [6.07, 6.45) is 4.86. The lowest BCUT2D eigenvalue weighted by Gasteiger charge is -2.39. The van der Waals surface area contributed by atoms with Crippen LogP contribution in [0.25, 0.3) is 0 Å². The summed E-state index contributed by atoms with van der Waals surface area (Å²) in [4.78, 5) is 17.9. The first kappa shape index (κ1) is 12.4. The number of piperidine rings is 1. The van der Waals surface area contributed by atoms with Gasteiger partial charge in [0.05, 0.1) is 6.33 Å². The van der Waals surface area contributed by atoms with Gasteiger partial charge in [0.1, 0.15) is 5.02 Å². The number of aromatic amines is 1. The van der Waals surface area contributed by atoms with Crippen LogP contribution in [-0.4, -0.2) is 27.1 Å². The molecular formula is C11H17ClN4O. The van der Waals surface area contributed by atoms with Crippen LogP contribution < -0.4 is 11.0 Å². The Kier molecular flexibility index (Phi) is 3.69. The predicted molar refractivity (Wildman–Crippen MR) is 68.1 cm³/mol. The van der Waals surface area contributed by atoms with Crippen molar-refractivity contribution in [3.8, 4) is 0 Å². The molecule has 2 atom stereocenters. The lowest BCUT2D eigenvalue weighted by atomic mass is 10.00. The standard InChI is InChI=1S/C11H17ClN4O/c1-7-4-3-5-8(2)16(7)15-10-9(12)11(17)14-6-13-10/h6-8H,3-5H2,1-2H3,(H2,13,14,15,17). The highest BCUT2D eigenvalue weighted by molar-refractivity contribution is 6.32. The van der Waals surface area contributed by atoms with E-state index in [0.717, 1.165) is 12.8 Å². The van der Waals surface area contributed by atoms with Gasteiger partial charge < -0.3 is 10.4 Å². The zero-order chi connectivity index (χ0) is 12.4. The summed E-state index contributed by atoms with van der Waals surface area (Å²) in [5.74, 6) is 0.427. The first-order valence-corrected chi connectivity index (χ1v) is 6.25. The molecule has 2 heterocycles. The van der Waals surface area contributed by atoms with Crippen molar-refractivity contribution >= 4 is 17.4 Å². The molecule has 1 fully saturated rings. The number of nitrogens with one attached hydrogen (secondary N) is 2. The summed E-state index contributed by atoms with van der Waals surface area (Å²) >= 11 is 5.91. The molecule has 5 nitrogen and oxygen atoms in total. The molecule has 0 aromatic carbocycles. The van der Waals surface area contributed by atoms with Gasteiger partial charge in [0.2, 0.25) is 0 Å². The molecule has 0 radical (unpaired) electrons. The molecule has 0 amide bonds. The minimum absolute atomic E-state index is 0.109. The van der Waals surface area contributed by atoms with E-state index < -0.39 is 0 Å². The van der Waals surface area contributed by atoms with Gasteiger partial charge >= 0.3 is 0 Å². The Labute approximate surface area is 105 Å². The maximum atomic E-state index is 11.4. The zero-order valence-corrected chi connectivity index (χ0v) is 10.8. The van der Waals surface area contributed by atoms with Crippen LogP contribution in [0.15, 0.2) is 11.1 Å². The molecule has 1 aromatic rings. The Morgan fingerprint density at radius 3 is 2.76 bits per heavy atom. The molecule has 0 saturated carbocycles. The highest BCUT2D eigenvalue weighted by Gasteiger charge is 2.25. The van der Waals surface area contributed by atoms with Crippen LogP contribution in [0.5, 0.6) is 0 Å². The number of aromatic nitrogens is 2. The number of hydrazine groups is 1.